The number of rotatable bonds is 6. The molecule has 0 spiro atoms. The summed E-state index contributed by atoms with van der Waals surface area (Å²) in [4.78, 5) is 13.3. The maximum absolute atomic E-state index is 13.3. The Hall–Kier alpha value is -3.84. The number of benzene rings is 3. The fourth-order valence-corrected chi connectivity index (χ4v) is 4.76. The molecule has 7 heteroatoms. The lowest BCUT2D eigenvalue weighted by Crippen LogP contribution is -2.28. The molecule has 184 valence electrons. The van der Waals surface area contributed by atoms with E-state index < -0.39 is 11.7 Å². The van der Waals surface area contributed by atoms with Gasteiger partial charge in [-0.15, -0.1) is 0 Å². The van der Waals surface area contributed by atoms with Crippen LogP contribution in [0.25, 0.3) is 11.1 Å². The summed E-state index contributed by atoms with van der Waals surface area (Å²) in [5.74, 6) is 0.583. The first kappa shape index (κ1) is 23.9. The quantitative estimate of drug-likeness (QED) is 0.313. The van der Waals surface area contributed by atoms with E-state index in [0.717, 1.165) is 36.3 Å². The van der Waals surface area contributed by atoms with Gasteiger partial charge in [-0.2, -0.15) is 13.2 Å². The molecule has 1 heterocycles. The second kappa shape index (κ2) is 9.66. The minimum atomic E-state index is -4.41. The Kier molecular flexibility index (Phi) is 6.41. The van der Waals surface area contributed by atoms with Crippen molar-refractivity contribution >= 4 is 11.6 Å². The first-order valence-electron chi connectivity index (χ1n) is 11.7. The smallest absolute Gasteiger partial charge is 0.416 e. The first-order valence-corrected chi connectivity index (χ1v) is 11.7. The Morgan fingerprint density at radius 3 is 2.47 bits per heavy atom. The van der Waals surface area contributed by atoms with Crippen LogP contribution in [-0.4, -0.2) is 11.9 Å². The fourth-order valence-electron chi connectivity index (χ4n) is 4.76. The molecular weight excluding hydrogens is 465 g/mol. The second-order valence-electron chi connectivity index (χ2n) is 9.08. The number of alkyl halides is 3. The second-order valence-corrected chi connectivity index (χ2v) is 9.08. The van der Waals surface area contributed by atoms with Crippen LogP contribution in [-0.2, 0) is 25.6 Å². The van der Waals surface area contributed by atoms with Crippen LogP contribution in [0.1, 0.15) is 38.4 Å². The van der Waals surface area contributed by atoms with Crippen molar-refractivity contribution in [2.75, 3.05) is 5.32 Å². The van der Waals surface area contributed by atoms with Gasteiger partial charge in [-0.1, -0.05) is 30.3 Å². The van der Waals surface area contributed by atoms with Crippen LogP contribution in [0.5, 0.6) is 0 Å². The van der Waals surface area contributed by atoms with Crippen molar-refractivity contribution in [2.45, 2.75) is 38.5 Å². The normalized spacial score (nSPS) is 15.1. The fraction of sp³-hybridized carbons (Fsp3) is 0.207. The van der Waals surface area contributed by atoms with E-state index in [1.54, 1.807) is 18.4 Å². The van der Waals surface area contributed by atoms with Crippen molar-refractivity contribution in [1.29, 1.82) is 0 Å². The summed E-state index contributed by atoms with van der Waals surface area (Å²) >= 11 is 0. The van der Waals surface area contributed by atoms with E-state index in [1.165, 1.54) is 23.3 Å². The average Bonchev–Trinajstić information content (AvgIpc) is 3.51. The maximum atomic E-state index is 13.3. The molecule has 5 rings (SSSR count). The molecule has 1 amide bonds. The van der Waals surface area contributed by atoms with E-state index in [2.05, 4.69) is 10.6 Å². The van der Waals surface area contributed by atoms with Gasteiger partial charge in [-0.3, -0.25) is 4.79 Å². The number of aryl methyl sites for hydroxylation is 1. The summed E-state index contributed by atoms with van der Waals surface area (Å²) in [6, 6.07) is 20.2. The van der Waals surface area contributed by atoms with E-state index in [1.807, 2.05) is 43.3 Å². The lowest BCUT2D eigenvalue weighted by Gasteiger charge is -2.15. The SMILES string of the molecule is Cc1cccc(C(=O)Nc2ccc3c(c2)CC(NCc2ccco2)C3)c1-c1ccc(C(F)(F)F)cc1. The number of nitrogens with one attached hydrogen (secondary N) is 2. The van der Waals surface area contributed by atoms with Crippen LogP contribution in [0.15, 0.2) is 83.5 Å². The highest BCUT2D eigenvalue weighted by Gasteiger charge is 2.30. The van der Waals surface area contributed by atoms with Gasteiger partial charge in [0.1, 0.15) is 5.76 Å². The Balaban J connectivity index is 1.32. The summed E-state index contributed by atoms with van der Waals surface area (Å²) in [7, 11) is 0. The van der Waals surface area contributed by atoms with Gasteiger partial charge in [0.15, 0.2) is 0 Å². The highest BCUT2D eigenvalue weighted by atomic mass is 19.4. The lowest BCUT2D eigenvalue weighted by atomic mass is 9.93. The molecule has 1 aliphatic rings. The van der Waals surface area contributed by atoms with Crippen molar-refractivity contribution in [3.05, 3.63) is 113 Å². The number of hydrogen-bond acceptors (Lipinski definition) is 3. The number of anilines is 1. The van der Waals surface area contributed by atoms with Crippen molar-refractivity contribution in [3.63, 3.8) is 0 Å². The van der Waals surface area contributed by atoms with Gasteiger partial charge < -0.3 is 15.1 Å². The molecule has 0 aliphatic heterocycles. The summed E-state index contributed by atoms with van der Waals surface area (Å²) in [5, 5.41) is 6.49. The third-order valence-corrected chi connectivity index (χ3v) is 6.56. The number of carbonyl (C=O) groups excluding carboxylic acids is 1. The molecule has 36 heavy (non-hydrogen) atoms. The highest BCUT2D eigenvalue weighted by Crippen LogP contribution is 2.34. The molecule has 3 aromatic carbocycles. The number of furan rings is 1. The predicted molar refractivity (Wildman–Crippen MR) is 133 cm³/mol. The molecule has 1 atom stereocenters. The molecule has 0 saturated carbocycles. The van der Waals surface area contributed by atoms with Gasteiger partial charge in [-0.25, -0.2) is 0 Å². The molecule has 0 saturated heterocycles. The van der Waals surface area contributed by atoms with Gasteiger partial charge in [-0.05, 0) is 90.0 Å². The van der Waals surface area contributed by atoms with Crippen molar-refractivity contribution < 1.29 is 22.4 Å². The largest absolute Gasteiger partial charge is 0.468 e. The summed E-state index contributed by atoms with van der Waals surface area (Å²) in [5.41, 5.74) is 4.78. The minimum Gasteiger partial charge on any atom is -0.468 e. The van der Waals surface area contributed by atoms with Crippen LogP contribution < -0.4 is 10.6 Å². The van der Waals surface area contributed by atoms with Crippen molar-refractivity contribution in [2.24, 2.45) is 0 Å². The standard InChI is InChI=1S/C29H25F3N2O2/c1-18-4-2-6-26(27(18)19-7-10-22(11-8-19)29(30,31)32)28(35)34-23-12-9-20-14-24(16-21(20)15-23)33-17-25-5-3-13-36-25/h2-13,15,24,33H,14,16-17H2,1H3,(H,34,35). The maximum Gasteiger partial charge on any atom is 0.416 e. The first-order chi connectivity index (χ1) is 17.3. The Morgan fingerprint density at radius 2 is 1.75 bits per heavy atom. The minimum absolute atomic E-state index is 0.291. The highest BCUT2D eigenvalue weighted by molar-refractivity contribution is 6.09. The molecule has 0 fully saturated rings. The molecule has 2 N–H and O–H groups in total. The van der Waals surface area contributed by atoms with Crippen LogP contribution in [0.3, 0.4) is 0 Å². The summed E-state index contributed by atoms with van der Waals surface area (Å²) in [6.45, 7) is 2.50. The van der Waals surface area contributed by atoms with Gasteiger partial charge >= 0.3 is 6.18 Å². The molecular formula is C29H25F3N2O2. The number of fused-ring (bicyclic) bond motifs is 1. The molecule has 1 aromatic heterocycles. The lowest BCUT2D eigenvalue weighted by molar-refractivity contribution is -0.137. The van der Waals surface area contributed by atoms with Crippen LogP contribution in [0.2, 0.25) is 0 Å². The monoisotopic (exact) mass is 490 g/mol. The van der Waals surface area contributed by atoms with Crippen LogP contribution in [0.4, 0.5) is 18.9 Å². The topological polar surface area (TPSA) is 54.3 Å². The zero-order valence-electron chi connectivity index (χ0n) is 19.7. The van der Waals surface area contributed by atoms with Crippen LogP contribution in [0, 0.1) is 6.92 Å². The number of hydrogen-bond donors (Lipinski definition) is 2. The Bertz CT molecular complexity index is 1380. The van der Waals surface area contributed by atoms with E-state index >= 15 is 0 Å². The summed E-state index contributed by atoms with van der Waals surface area (Å²) in [6.07, 6.45) is -1.00. The van der Waals surface area contributed by atoms with Gasteiger partial charge in [0.05, 0.1) is 18.4 Å². The van der Waals surface area contributed by atoms with Gasteiger partial charge in [0.25, 0.3) is 5.91 Å². The number of halogens is 3. The summed E-state index contributed by atoms with van der Waals surface area (Å²) < 4.78 is 44.4. The van der Waals surface area contributed by atoms with Crippen molar-refractivity contribution in [3.8, 4) is 11.1 Å². The molecule has 0 radical (unpaired) electrons. The number of amides is 1. The van der Waals surface area contributed by atoms with Crippen LogP contribution >= 0.6 is 0 Å². The third kappa shape index (κ3) is 5.06. The van der Waals surface area contributed by atoms with Gasteiger partial charge in [0, 0.05) is 17.3 Å². The Labute approximate surface area is 207 Å². The average molecular weight is 491 g/mol. The van der Waals surface area contributed by atoms with E-state index in [4.69, 9.17) is 4.42 Å². The van der Waals surface area contributed by atoms with E-state index in [-0.39, 0.29) is 5.91 Å². The zero-order valence-corrected chi connectivity index (χ0v) is 19.7. The number of carbonyl (C=O) groups is 1. The van der Waals surface area contributed by atoms with Gasteiger partial charge in [0.2, 0.25) is 0 Å². The molecule has 1 unspecified atom stereocenters. The zero-order chi connectivity index (χ0) is 25.3. The molecule has 4 nitrogen and oxygen atoms in total. The van der Waals surface area contributed by atoms with E-state index in [0.29, 0.717) is 35.0 Å². The van der Waals surface area contributed by atoms with E-state index in [9.17, 15) is 18.0 Å². The predicted octanol–water partition coefficient (Wildman–Crippen LogP) is 6.78. The molecule has 1 aliphatic carbocycles. The molecule has 0 bridgehead atoms. The Morgan fingerprint density at radius 1 is 0.972 bits per heavy atom. The third-order valence-electron chi connectivity index (χ3n) is 6.56. The van der Waals surface area contributed by atoms with Crippen molar-refractivity contribution in [1.82, 2.24) is 5.32 Å². The molecule has 4 aromatic rings.